The molecule has 0 radical (unpaired) electrons. The minimum atomic E-state index is -0.470. The molecule has 0 atom stereocenters. The van der Waals surface area contributed by atoms with Gasteiger partial charge in [0.25, 0.3) is 11.8 Å². The third-order valence-electron chi connectivity index (χ3n) is 5.43. The highest BCUT2D eigenvalue weighted by atomic mass is 16.5. The summed E-state index contributed by atoms with van der Waals surface area (Å²) >= 11 is 0. The number of nitrogens with zero attached hydrogens (tertiary/aromatic N) is 2. The average Bonchev–Trinajstić information content (AvgIpc) is 3.08. The van der Waals surface area contributed by atoms with Gasteiger partial charge in [0.05, 0.1) is 25.5 Å². The van der Waals surface area contributed by atoms with Gasteiger partial charge >= 0.3 is 0 Å². The van der Waals surface area contributed by atoms with E-state index in [1.165, 1.54) is 14.2 Å². The van der Waals surface area contributed by atoms with Crippen molar-refractivity contribution in [3.8, 4) is 11.5 Å². The normalized spacial score (nSPS) is 13.4. The number of imide groups is 1. The molecule has 2 amide bonds. The number of rotatable bonds is 7. The van der Waals surface area contributed by atoms with Crippen LogP contribution in [0, 0.1) is 0 Å². The summed E-state index contributed by atoms with van der Waals surface area (Å²) in [6, 6.07) is 21.8. The Kier molecular flexibility index (Phi) is 6.04. The van der Waals surface area contributed by atoms with Crippen LogP contribution in [-0.4, -0.2) is 40.1 Å². The van der Waals surface area contributed by atoms with Gasteiger partial charge < -0.3 is 19.7 Å². The van der Waals surface area contributed by atoms with Gasteiger partial charge in [-0.2, -0.15) is 0 Å². The Morgan fingerprint density at radius 3 is 2.12 bits per heavy atom. The van der Waals surface area contributed by atoms with E-state index in [4.69, 9.17) is 9.47 Å². The molecule has 168 valence electrons. The van der Waals surface area contributed by atoms with Crippen LogP contribution in [0.5, 0.6) is 11.5 Å². The third-order valence-corrected chi connectivity index (χ3v) is 5.43. The maximum atomic E-state index is 13.6. The third kappa shape index (κ3) is 4.13. The molecule has 1 aliphatic heterocycles. The maximum absolute atomic E-state index is 13.6. The summed E-state index contributed by atoms with van der Waals surface area (Å²) in [5.41, 5.74) is 3.18. The highest BCUT2D eigenvalue weighted by Gasteiger charge is 2.41. The number of hydrogen-bond donors (Lipinski definition) is 1. The van der Waals surface area contributed by atoms with E-state index < -0.39 is 11.8 Å². The van der Waals surface area contributed by atoms with E-state index >= 15 is 0 Å². The zero-order chi connectivity index (χ0) is 23.5. The van der Waals surface area contributed by atoms with E-state index in [0.29, 0.717) is 34.0 Å². The van der Waals surface area contributed by atoms with Crippen LogP contribution in [0.4, 0.5) is 17.1 Å². The van der Waals surface area contributed by atoms with Crippen molar-refractivity contribution in [3.05, 3.63) is 84.1 Å². The maximum Gasteiger partial charge on any atom is 0.282 e. The fraction of sp³-hybridized carbons (Fsp3) is 0.154. The molecule has 1 aliphatic rings. The number of hydrogen-bond acceptors (Lipinski definition) is 6. The highest BCUT2D eigenvalue weighted by Crippen LogP contribution is 2.39. The van der Waals surface area contributed by atoms with Crippen LogP contribution in [-0.2, 0) is 9.59 Å². The first kappa shape index (κ1) is 22.0. The number of methoxy groups -OCH3 is 2. The molecule has 7 nitrogen and oxygen atoms in total. The van der Waals surface area contributed by atoms with E-state index in [0.717, 1.165) is 10.6 Å². The molecule has 3 aromatic carbocycles. The van der Waals surface area contributed by atoms with Crippen LogP contribution in [0.2, 0.25) is 0 Å². The van der Waals surface area contributed by atoms with Gasteiger partial charge in [-0.15, -0.1) is 0 Å². The Hall–Kier alpha value is -4.26. The fourth-order valence-corrected chi connectivity index (χ4v) is 3.70. The molecule has 33 heavy (non-hydrogen) atoms. The lowest BCUT2D eigenvalue weighted by Crippen LogP contribution is -2.32. The zero-order valence-corrected chi connectivity index (χ0v) is 19.0. The molecule has 0 unspecified atom stereocenters. The molecule has 0 spiro atoms. The Morgan fingerprint density at radius 2 is 1.52 bits per heavy atom. The minimum Gasteiger partial charge on any atom is -0.497 e. The monoisotopic (exact) mass is 443 g/mol. The molecule has 0 saturated carbocycles. The first-order valence-electron chi connectivity index (χ1n) is 10.4. The number of carbonyl (C=O) groups is 2. The number of nitrogens with one attached hydrogen (secondary N) is 1. The summed E-state index contributed by atoms with van der Waals surface area (Å²) in [6.07, 6.45) is 0. The predicted octanol–water partition coefficient (Wildman–Crippen LogP) is 4.17. The van der Waals surface area contributed by atoms with Gasteiger partial charge in [-0.25, -0.2) is 4.90 Å². The summed E-state index contributed by atoms with van der Waals surface area (Å²) in [7, 11) is 6.93. The van der Waals surface area contributed by atoms with Crippen LogP contribution in [0.25, 0.3) is 5.57 Å². The molecule has 0 aromatic heterocycles. The molecule has 3 aromatic rings. The van der Waals surface area contributed by atoms with Crippen molar-refractivity contribution in [3.63, 3.8) is 0 Å². The van der Waals surface area contributed by atoms with Gasteiger partial charge in [0.2, 0.25) is 0 Å². The number of amides is 2. The number of anilines is 3. The number of benzene rings is 3. The predicted molar refractivity (Wildman–Crippen MR) is 130 cm³/mol. The molecule has 1 heterocycles. The quantitative estimate of drug-likeness (QED) is 0.553. The van der Waals surface area contributed by atoms with E-state index in [9.17, 15) is 9.59 Å². The van der Waals surface area contributed by atoms with Crippen LogP contribution in [0.15, 0.2) is 78.5 Å². The Balaban J connectivity index is 1.80. The zero-order valence-electron chi connectivity index (χ0n) is 19.0. The van der Waals surface area contributed by atoms with E-state index in [2.05, 4.69) is 5.32 Å². The molecule has 1 N–H and O–H groups in total. The Morgan fingerprint density at radius 1 is 0.818 bits per heavy atom. The molecule has 0 fully saturated rings. The fourth-order valence-electron chi connectivity index (χ4n) is 3.70. The van der Waals surface area contributed by atoms with Crippen molar-refractivity contribution in [1.82, 2.24) is 0 Å². The molecule has 0 saturated heterocycles. The van der Waals surface area contributed by atoms with E-state index in [-0.39, 0.29) is 5.70 Å². The summed E-state index contributed by atoms with van der Waals surface area (Å²) < 4.78 is 10.7. The molecule has 0 aliphatic carbocycles. The van der Waals surface area contributed by atoms with E-state index in [1.807, 2.05) is 73.6 Å². The summed E-state index contributed by atoms with van der Waals surface area (Å²) in [6.45, 7) is 0. The van der Waals surface area contributed by atoms with Crippen LogP contribution in [0.1, 0.15) is 5.56 Å². The highest BCUT2D eigenvalue weighted by molar-refractivity contribution is 6.46. The van der Waals surface area contributed by atoms with Gasteiger partial charge in [-0.3, -0.25) is 9.59 Å². The van der Waals surface area contributed by atoms with Crippen LogP contribution >= 0.6 is 0 Å². The molecule has 4 rings (SSSR count). The number of ether oxygens (including phenoxy) is 2. The molecule has 7 heteroatoms. The second-order valence-electron chi connectivity index (χ2n) is 7.67. The standard InChI is InChI=1S/C26H25N3O4/c1-28(2)19-12-10-18(11-13-19)27-24-23(17-8-6-5-7-9-17)25(30)29(26(24)31)21-16-20(32-3)14-15-22(21)33-4/h5-16,27H,1-4H3. The summed E-state index contributed by atoms with van der Waals surface area (Å²) in [5, 5.41) is 3.18. The summed E-state index contributed by atoms with van der Waals surface area (Å²) in [4.78, 5) is 30.4. The van der Waals surface area contributed by atoms with Crippen LogP contribution < -0.4 is 24.6 Å². The molecular formula is C26H25N3O4. The SMILES string of the molecule is COc1ccc(OC)c(N2C(=O)C(Nc3ccc(N(C)C)cc3)=C(c3ccccc3)C2=O)c1. The largest absolute Gasteiger partial charge is 0.497 e. The van der Waals surface area contributed by atoms with Gasteiger partial charge in [0.1, 0.15) is 17.2 Å². The lowest BCUT2D eigenvalue weighted by molar-refractivity contribution is -0.120. The number of carbonyl (C=O) groups excluding carboxylic acids is 2. The summed E-state index contributed by atoms with van der Waals surface area (Å²) in [5.74, 6) is -0.0119. The minimum absolute atomic E-state index is 0.202. The van der Waals surface area contributed by atoms with Crippen molar-refractivity contribution >= 4 is 34.4 Å². The van der Waals surface area contributed by atoms with Crippen molar-refractivity contribution in [2.24, 2.45) is 0 Å². The Bertz CT molecular complexity index is 1220. The second kappa shape index (κ2) is 9.08. The van der Waals surface area contributed by atoms with Crippen molar-refractivity contribution in [2.45, 2.75) is 0 Å². The molecular weight excluding hydrogens is 418 g/mol. The van der Waals surface area contributed by atoms with Crippen LogP contribution in [0.3, 0.4) is 0 Å². The first-order valence-corrected chi connectivity index (χ1v) is 10.4. The van der Waals surface area contributed by atoms with Gasteiger partial charge in [0.15, 0.2) is 0 Å². The first-order chi connectivity index (χ1) is 15.9. The lowest BCUT2D eigenvalue weighted by atomic mass is 10.0. The van der Waals surface area contributed by atoms with Gasteiger partial charge in [0, 0.05) is 31.5 Å². The molecule has 0 bridgehead atoms. The van der Waals surface area contributed by atoms with Gasteiger partial charge in [-0.1, -0.05) is 30.3 Å². The van der Waals surface area contributed by atoms with Gasteiger partial charge in [-0.05, 0) is 42.0 Å². The second-order valence-corrected chi connectivity index (χ2v) is 7.67. The van der Waals surface area contributed by atoms with Crippen molar-refractivity contribution in [1.29, 1.82) is 0 Å². The average molecular weight is 444 g/mol. The lowest BCUT2D eigenvalue weighted by Gasteiger charge is -2.19. The van der Waals surface area contributed by atoms with Crippen molar-refractivity contribution < 1.29 is 19.1 Å². The van der Waals surface area contributed by atoms with E-state index in [1.54, 1.807) is 18.2 Å². The topological polar surface area (TPSA) is 71.1 Å². The van der Waals surface area contributed by atoms with Crippen molar-refractivity contribution in [2.75, 3.05) is 43.4 Å². The Labute approximate surface area is 192 Å². The smallest absolute Gasteiger partial charge is 0.282 e.